The van der Waals surface area contributed by atoms with Crippen LogP contribution in [0.25, 0.3) is 0 Å². The highest BCUT2D eigenvalue weighted by Crippen LogP contribution is 2.41. The molecule has 0 aromatic heterocycles. The number of alkyl carbamates (subject to hydrolysis) is 1. The molecule has 3 rings (SSSR count). The van der Waals surface area contributed by atoms with Crippen LogP contribution in [0.2, 0.25) is 0 Å². The van der Waals surface area contributed by atoms with Crippen LogP contribution < -0.4 is 10.6 Å². The van der Waals surface area contributed by atoms with Crippen LogP contribution in [0.3, 0.4) is 0 Å². The van der Waals surface area contributed by atoms with Gasteiger partial charge in [0, 0.05) is 31.0 Å². The van der Waals surface area contributed by atoms with Gasteiger partial charge in [-0.2, -0.15) is 0 Å². The molecule has 0 saturated carbocycles. The summed E-state index contributed by atoms with van der Waals surface area (Å²) in [6.07, 6.45) is 4.55. The van der Waals surface area contributed by atoms with Gasteiger partial charge in [-0.1, -0.05) is 103 Å². The van der Waals surface area contributed by atoms with Gasteiger partial charge in [0.1, 0.15) is 6.10 Å². The maximum Gasteiger partial charge on any atom is 0.407 e. The van der Waals surface area contributed by atoms with Crippen LogP contribution in [0.4, 0.5) is 4.79 Å². The van der Waals surface area contributed by atoms with Crippen LogP contribution in [-0.2, 0) is 21.0 Å². The first-order valence-electron chi connectivity index (χ1n) is 14.4. The zero-order valence-electron chi connectivity index (χ0n) is 24.5. The summed E-state index contributed by atoms with van der Waals surface area (Å²) >= 11 is 0. The number of hydrogen-bond acceptors (Lipinski definition) is 3. The highest BCUT2D eigenvalue weighted by Gasteiger charge is 2.43. The second-order valence-corrected chi connectivity index (χ2v) is 12.3. The Balaban J connectivity index is 1.92. The van der Waals surface area contributed by atoms with Crippen LogP contribution in [0.15, 0.2) is 48.5 Å². The third kappa shape index (κ3) is 6.57. The van der Waals surface area contributed by atoms with Gasteiger partial charge in [0.25, 0.3) is 0 Å². The fraction of sp³-hybridized carbons (Fsp3) is 0.606. The van der Waals surface area contributed by atoms with E-state index in [4.69, 9.17) is 4.74 Å². The second-order valence-electron chi connectivity index (χ2n) is 12.3. The van der Waals surface area contributed by atoms with Crippen molar-refractivity contribution < 1.29 is 9.53 Å². The molecule has 1 fully saturated rings. The Morgan fingerprint density at radius 3 is 1.73 bits per heavy atom. The Kier molecular flexibility index (Phi) is 9.50. The molecule has 2 aromatic rings. The van der Waals surface area contributed by atoms with E-state index in [1.54, 1.807) is 0 Å². The molecule has 1 heterocycles. The minimum absolute atomic E-state index is 0.137. The third-order valence-electron chi connectivity index (χ3n) is 9.16. The van der Waals surface area contributed by atoms with E-state index in [-0.39, 0.29) is 34.5 Å². The van der Waals surface area contributed by atoms with Crippen molar-refractivity contribution in [2.75, 3.05) is 13.1 Å². The highest BCUT2D eigenvalue weighted by molar-refractivity contribution is 5.67. The standard InChI is InChI=1S/C33H50N2O2/c1-9-12-21-34-30(36)37-28-22-29(35-23-28)33(8,26-17-13-24(14-18-26)31(4,5)10-2)27-19-15-25(16-20-27)32(6,7)11-3/h13-20,28-29,35H,9-12,21-23H2,1-8H3,(H,34,36)/t28-,29-/m1/s1. The fourth-order valence-corrected chi connectivity index (χ4v) is 5.31. The molecular formula is C33H50N2O2. The number of hydrogen-bond donors (Lipinski definition) is 2. The van der Waals surface area contributed by atoms with Crippen LogP contribution in [0.1, 0.15) is 110 Å². The van der Waals surface area contributed by atoms with Crippen molar-refractivity contribution in [2.24, 2.45) is 0 Å². The van der Waals surface area contributed by atoms with E-state index >= 15 is 0 Å². The molecule has 1 amide bonds. The molecule has 204 valence electrons. The first-order chi connectivity index (χ1) is 17.5. The predicted octanol–water partition coefficient (Wildman–Crippen LogP) is 7.62. The predicted molar refractivity (Wildman–Crippen MR) is 156 cm³/mol. The molecule has 1 saturated heterocycles. The molecule has 1 aliphatic rings. The second kappa shape index (κ2) is 12.0. The first-order valence-corrected chi connectivity index (χ1v) is 14.4. The number of unbranched alkanes of at least 4 members (excludes halogenated alkanes) is 1. The lowest BCUT2D eigenvalue weighted by Crippen LogP contribution is -2.44. The smallest absolute Gasteiger partial charge is 0.407 e. The Morgan fingerprint density at radius 1 is 0.838 bits per heavy atom. The summed E-state index contributed by atoms with van der Waals surface area (Å²) in [6.45, 7) is 19.5. The van der Waals surface area contributed by atoms with E-state index < -0.39 is 0 Å². The van der Waals surface area contributed by atoms with Gasteiger partial charge in [0.2, 0.25) is 0 Å². The summed E-state index contributed by atoms with van der Waals surface area (Å²) in [6, 6.07) is 18.6. The summed E-state index contributed by atoms with van der Waals surface area (Å²) in [5.41, 5.74) is 5.35. The van der Waals surface area contributed by atoms with Crippen LogP contribution in [-0.4, -0.2) is 31.3 Å². The third-order valence-corrected chi connectivity index (χ3v) is 9.16. The SMILES string of the molecule is CCCCNC(=O)O[C@H]1CN[C@@H](C(C)(c2ccc(C(C)(C)CC)cc2)c2ccc(C(C)(C)CC)cc2)C1. The summed E-state index contributed by atoms with van der Waals surface area (Å²) in [7, 11) is 0. The number of ether oxygens (including phenoxy) is 1. The quantitative estimate of drug-likeness (QED) is 0.308. The van der Waals surface area contributed by atoms with Gasteiger partial charge in [0.15, 0.2) is 0 Å². The number of amides is 1. The van der Waals surface area contributed by atoms with E-state index in [0.717, 1.165) is 32.1 Å². The average molecular weight is 507 g/mol. The lowest BCUT2D eigenvalue weighted by molar-refractivity contribution is 0.105. The molecular weight excluding hydrogens is 456 g/mol. The van der Waals surface area contributed by atoms with Crippen molar-refractivity contribution >= 4 is 6.09 Å². The number of carbonyl (C=O) groups is 1. The molecule has 4 heteroatoms. The molecule has 0 spiro atoms. The Bertz CT molecular complexity index is 948. The molecule has 0 unspecified atom stereocenters. The summed E-state index contributed by atoms with van der Waals surface area (Å²) in [4.78, 5) is 12.3. The van der Waals surface area contributed by atoms with Crippen molar-refractivity contribution in [1.82, 2.24) is 10.6 Å². The van der Waals surface area contributed by atoms with E-state index in [1.807, 2.05) is 0 Å². The maximum absolute atomic E-state index is 12.3. The van der Waals surface area contributed by atoms with Gasteiger partial charge < -0.3 is 15.4 Å². The van der Waals surface area contributed by atoms with Gasteiger partial charge in [-0.3, -0.25) is 0 Å². The van der Waals surface area contributed by atoms with Crippen LogP contribution >= 0.6 is 0 Å². The molecule has 0 bridgehead atoms. The van der Waals surface area contributed by atoms with E-state index in [1.165, 1.54) is 22.3 Å². The normalized spacial score (nSPS) is 18.6. The first kappa shape index (κ1) is 29.2. The zero-order valence-corrected chi connectivity index (χ0v) is 24.5. The van der Waals surface area contributed by atoms with Crippen LogP contribution in [0.5, 0.6) is 0 Å². The molecule has 37 heavy (non-hydrogen) atoms. The lowest BCUT2D eigenvalue weighted by Gasteiger charge is -2.38. The van der Waals surface area contributed by atoms with E-state index in [0.29, 0.717) is 13.1 Å². The molecule has 2 atom stereocenters. The summed E-state index contributed by atoms with van der Waals surface area (Å²) in [5, 5.41) is 6.61. The minimum atomic E-state index is -0.306. The Morgan fingerprint density at radius 2 is 1.30 bits per heavy atom. The number of carbonyl (C=O) groups excluding carboxylic acids is 1. The summed E-state index contributed by atoms with van der Waals surface area (Å²) < 4.78 is 5.80. The van der Waals surface area contributed by atoms with Crippen molar-refractivity contribution in [2.45, 2.75) is 116 Å². The lowest BCUT2D eigenvalue weighted by atomic mass is 9.68. The number of benzene rings is 2. The average Bonchev–Trinajstić information content (AvgIpc) is 3.37. The van der Waals surface area contributed by atoms with Crippen LogP contribution in [0, 0.1) is 0 Å². The van der Waals surface area contributed by atoms with E-state index in [9.17, 15) is 4.79 Å². The largest absolute Gasteiger partial charge is 0.445 e. The molecule has 1 aliphatic heterocycles. The van der Waals surface area contributed by atoms with Gasteiger partial charge >= 0.3 is 6.09 Å². The molecule has 2 aromatic carbocycles. The van der Waals surface area contributed by atoms with E-state index in [2.05, 4.69) is 115 Å². The fourth-order valence-electron chi connectivity index (χ4n) is 5.31. The Hall–Kier alpha value is -2.33. The van der Waals surface area contributed by atoms with Crippen molar-refractivity contribution in [3.8, 4) is 0 Å². The summed E-state index contributed by atoms with van der Waals surface area (Å²) in [5.74, 6) is 0. The minimum Gasteiger partial charge on any atom is -0.445 e. The van der Waals surface area contributed by atoms with Crippen molar-refractivity contribution in [3.63, 3.8) is 0 Å². The molecule has 0 aliphatic carbocycles. The monoisotopic (exact) mass is 506 g/mol. The number of nitrogens with one attached hydrogen (secondary N) is 2. The number of rotatable bonds is 11. The van der Waals surface area contributed by atoms with Gasteiger partial charge in [-0.25, -0.2) is 4.79 Å². The Labute approximate surface area is 226 Å². The van der Waals surface area contributed by atoms with Gasteiger partial charge in [-0.15, -0.1) is 0 Å². The molecule has 4 nitrogen and oxygen atoms in total. The van der Waals surface area contributed by atoms with Gasteiger partial charge in [-0.05, 0) is 59.3 Å². The highest BCUT2D eigenvalue weighted by atomic mass is 16.6. The van der Waals surface area contributed by atoms with Crippen molar-refractivity contribution in [3.05, 3.63) is 70.8 Å². The maximum atomic E-state index is 12.3. The topological polar surface area (TPSA) is 50.4 Å². The molecule has 0 radical (unpaired) electrons. The molecule has 2 N–H and O–H groups in total. The van der Waals surface area contributed by atoms with Gasteiger partial charge in [0.05, 0.1) is 0 Å². The van der Waals surface area contributed by atoms with Crippen molar-refractivity contribution in [1.29, 1.82) is 0 Å². The zero-order chi connectivity index (χ0) is 27.3.